The Morgan fingerprint density at radius 3 is 2.75 bits per heavy atom. The second-order valence-corrected chi connectivity index (χ2v) is 8.91. The van der Waals surface area contributed by atoms with E-state index < -0.39 is 0 Å². The van der Waals surface area contributed by atoms with Crippen molar-refractivity contribution in [1.82, 2.24) is 10.2 Å². The molecule has 0 radical (unpaired) electrons. The number of nitrogens with one attached hydrogen (secondary N) is 1. The van der Waals surface area contributed by atoms with E-state index in [1.54, 1.807) is 18.1 Å². The second-order valence-electron chi connectivity index (χ2n) is 8.06. The normalized spacial score (nSPS) is 21.6. The Kier molecular flexibility index (Phi) is 7.15. The third kappa shape index (κ3) is 4.99. The first kappa shape index (κ1) is 22.4. The number of carbonyl (C=O) groups is 2. The Morgan fingerprint density at radius 2 is 1.94 bits per heavy atom. The molecular formula is C25H27BrN2O4. The van der Waals surface area contributed by atoms with Crippen LogP contribution in [0.15, 0.2) is 58.8 Å². The summed E-state index contributed by atoms with van der Waals surface area (Å²) in [6.07, 6.45) is 5.49. The first-order valence-corrected chi connectivity index (χ1v) is 11.7. The van der Waals surface area contributed by atoms with E-state index in [-0.39, 0.29) is 36.3 Å². The standard InChI is InChI=1S/C25H27BrN2O4/c1-31-21-12-6-3-9-18(21)15-27-24(29)16-28-20-11-5-7-13-22(20)32-23(25(28)30)14-17-8-2-4-10-19(17)26/h2-4,6,8-10,12,14,20,22H,5,7,11,13,15-16H2,1H3,(H,27,29)/b23-14+. The fourth-order valence-corrected chi connectivity index (χ4v) is 4.75. The van der Waals surface area contributed by atoms with Gasteiger partial charge < -0.3 is 19.7 Å². The van der Waals surface area contributed by atoms with E-state index in [4.69, 9.17) is 9.47 Å². The molecule has 0 aromatic heterocycles. The Bertz CT molecular complexity index is 1020. The van der Waals surface area contributed by atoms with E-state index in [1.165, 1.54) is 0 Å². The maximum atomic E-state index is 13.3. The molecule has 2 amide bonds. The fraction of sp³-hybridized carbons (Fsp3) is 0.360. The van der Waals surface area contributed by atoms with E-state index in [2.05, 4.69) is 21.2 Å². The summed E-state index contributed by atoms with van der Waals surface area (Å²) in [4.78, 5) is 27.8. The first-order chi connectivity index (χ1) is 15.6. The van der Waals surface area contributed by atoms with Crippen LogP contribution < -0.4 is 10.1 Å². The molecule has 2 atom stereocenters. The largest absolute Gasteiger partial charge is 0.496 e. The second kappa shape index (κ2) is 10.2. The predicted molar refractivity (Wildman–Crippen MR) is 126 cm³/mol. The van der Waals surface area contributed by atoms with Gasteiger partial charge in [0.25, 0.3) is 5.91 Å². The van der Waals surface area contributed by atoms with E-state index in [0.717, 1.165) is 47.0 Å². The van der Waals surface area contributed by atoms with Crippen LogP contribution in [0.2, 0.25) is 0 Å². The summed E-state index contributed by atoms with van der Waals surface area (Å²) in [5.74, 6) is 0.575. The van der Waals surface area contributed by atoms with Crippen LogP contribution in [0.4, 0.5) is 0 Å². The van der Waals surface area contributed by atoms with Crippen molar-refractivity contribution in [3.8, 4) is 5.75 Å². The van der Waals surface area contributed by atoms with Crippen molar-refractivity contribution >= 4 is 33.8 Å². The molecule has 0 spiro atoms. The van der Waals surface area contributed by atoms with Crippen LogP contribution in [-0.4, -0.2) is 42.5 Å². The molecule has 32 heavy (non-hydrogen) atoms. The number of carbonyl (C=O) groups excluding carboxylic acids is 2. The number of rotatable bonds is 6. The van der Waals surface area contributed by atoms with Crippen molar-refractivity contribution in [1.29, 1.82) is 0 Å². The Morgan fingerprint density at radius 1 is 1.19 bits per heavy atom. The maximum Gasteiger partial charge on any atom is 0.289 e. The van der Waals surface area contributed by atoms with Crippen LogP contribution >= 0.6 is 15.9 Å². The summed E-state index contributed by atoms with van der Waals surface area (Å²) >= 11 is 3.52. The molecule has 1 heterocycles. The van der Waals surface area contributed by atoms with Crippen molar-refractivity contribution in [2.45, 2.75) is 44.4 Å². The zero-order valence-electron chi connectivity index (χ0n) is 18.1. The number of hydrogen-bond acceptors (Lipinski definition) is 4. The molecule has 1 aliphatic heterocycles. The van der Waals surface area contributed by atoms with Gasteiger partial charge in [0.2, 0.25) is 5.91 Å². The van der Waals surface area contributed by atoms with Crippen LogP contribution in [0.5, 0.6) is 5.75 Å². The number of hydrogen-bond donors (Lipinski definition) is 1. The van der Waals surface area contributed by atoms with Crippen molar-refractivity contribution in [2.75, 3.05) is 13.7 Å². The third-order valence-corrected chi connectivity index (χ3v) is 6.71. The number of methoxy groups -OCH3 is 1. The highest BCUT2D eigenvalue weighted by molar-refractivity contribution is 9.10. The molecule has 1 N–H and O–H groups in total. The highest BCUT2D eigenvalue weighted by atomic mass is 79.9. The van der Waals surface area contributed by atoms with Crippen LogP contribution in [0, 0.1) is 0 Å². The lowest BCUT2D eigenvalue weighted by Gasteiger charge is -2.44. The fourth-order valence-electron chi connectivity index (χ4n) is 4.35. The predicted octanol–water partition coefficient (Wildman–Crippen LogP) is 4.29. The number of morpholine rings is 1. The number of para-hydroxylation sites is 1. The number of benzene rings is 2. The van der Waals surface area contributed by atoms with Crippen molar-refractivity contribution < 1.29 is 19.1 Å². The van der Waals surface area contributed by atoms with E-state index in [9.17, 15) is 9.59 Å². The number of amides is 2. The van der Waals surface area contributed by atoms with E-state index in [0.29, 0.717) is 6.54 Å². The monoisotopic (exact) mass is 498 g/mol. The van der Waals surface area contributed by atoms with Gasteiger partial charge in [-0.05, 0) is 43.0 Å². The lowest BCUT2D eigenvalue weighted by Crippen LogP contribution is -2.57. The van der Waals surface area contributed by atoms with Gasteiger partial charge in [0, 0.05) is 16.6 Å². The molecule has 0 bridgehead atoms. The van der Waals surface area contributed by atoms with Crippen LogP contribution in [0.1, 0.15) is 36.8 Å². The van der Waals surface area contributed by atoms with Gasteiger partial charge in [-0.2, -0.15) is 0 Å². The highest BCUT2D eigenvalue weighted by Gasteiger charge is 2.42. The summed E-state index contributed by atoms with van der Waals surface area (Å²) < 4.78 is 12.4. The highest BCUT2D eigenvalue weighted by Crippen LogP contribution is 2.33. The molecule has 7 heteroatoms. The van der Waals surface area contributed by atoms with Crippen LogP contribution in [0.3, 0.4) is 0 Å². The van der Waals surface area contributed by atoms with E-state index in [1.807, 2.05) is 48.5 Å². The Balaban J connectivity index is 1.50. The average Bonchev–Trinajstić information content (AvgIpc) is 2.82. The molecule has 2 unspecified atom stereocenters. The van der Waals surface area contributed by atoms with Crippen molar-refractivity contribution in [3.63, 3.8) is 0 Å². The number of fused-ring (bicyclic) bond motifs is 1. The van der Waals surface area contributed by atoms with Gasteiger partial charge in [0.15, 0.2) is 5.76 Å². The molecule has 2 aromatic rings. The molecule has 2 aliphatic rings. The molecule has 1 saturated heterocycles. The molecular weight excluding hydrogens is 472 g/mol. The summed E-state index contributed by atoms with van der Waals surface area (Å²) in [6.45, 7) is 0.348. The molecule has 4 rings (SSSR count). The minimum Gasteiger partial charge on any atom is -0.496 e. The Hall–Kier alpha value is -2.80. The van der Waals surface area contributed by atoms with Gasteiger partial charge >= 0.3 is 0 Å². The lowest BCUT2D eigenvalue weighted by molar-refractivity contribution is -0.151. The smallest absolute Gasteiger partial charge is 0.289 e. The minimum absolute atomic E-state index is 0.00576. The topological polar surface area (TPSA) is 67.9 Å². The SMILES string of the molecule is COc1ccccc1CNC(=O)CN1C(=O)/C(=C\c2ccccc2Br)OC2CCCCC21. The van der Waals surface area contributed by atoms with Crippen molar-refractivity contribution in [3.05, 3.63) is 69.9 Å². The van der Waals surface area contributed by atoms with Gasteiger partial charge in [0.05, 0.1) is 13.2 Å². The number of nitrogens with zero attached hydrogens (tertiary/aromatic N) is 1. The van der Waals surface area contributed by atoms with Gasteiger partial charge in [-0.25, -0.2) is 0 Å². The van der Waals surface area contributed by atoms with Crippen molar-refractivity contribution in [2.24, 2.45) is 0 Å². The van der Waals surface area contributed by atoms with Gasteiger partial charge in [-0.1, -0.05) is 58.7 Å². The van der Waals surface area contributed by atoms with Gasteiger partial charge in [0.1, 0.15) is 18.4 Å². The number of ether oxygens (including phenoxy) is 2. The minimum atomic E-state index is -0.239. The zero-order valence-corrected chi connectivity index (χ0v) is 19.6. The molecule has 168 valence electrons. The van der Waals surface area contributed by atoms with Gasteiger partial charge in [-0.15, -0.1) is 0 Å². The maximum absolute atomic E-state index is 13.3. The molecule has 2 fully saturated rings. The Labute approximate surface area is 196 Å². The summed E-state index contributed by atoms with van der Waals surface area (Å²) in [5, 5.41) is 2.93. The zero-order chi connectivity index (χ0) is 22.5. The van der Waals surface area contributed by atoms with Crippen LogP contribution in [-0.2, 0) is 20.9 Å². The molecule has 1 saturated carbocycles. The number of halogens is 1. The molecule has 6 nitrogen and oxygen atoms in total. The molecule has 2 aromatic carbocycles. The molecule has 1 aliphatic carbocycles. The van der Waals surface area contributed by atoms with Crippen LogP contribution in [0.25, 0.3) is 6.08 Å². The quantitative estimate of drug-likeness (QED) is 0.603. The van der Waals surface area contributed by atoms with Gasteiger partial charge in [-0.3, -0.25) is 9.59 Å². The summed E-state index contributed by atoms with van der Waals surface area (Å²) in [6, 6.07) is 15.2. The summed E-state index contributed by atoms with van der Waals surface area (Å²) in [5.41, 5.74) is 1.76. The third-order valence-electron chi connectivity index (χ3n) is 5.99. The lowest BCUT2D eigenvalue weighted by atomic mass is 9.89. The van der Waals surface area contributed by atoms with E-state index >= 15 is 0 Å². The average molecular weight is 499 g/mol. The summed E-state index contributed by atoms with van der Waals surface area (Å²) in [7, 11) is 1.61. The first-order valence-electron chi connectivity index (χ1n) is 10.9.